The van der Waals surface area contributed by atoms with Gasteiger partial charge in [0.1, 0.15) is 0 Å². The molecule has 1 saturated carbocycles. The van der Waals surface area contributed by atoms with E-state index in [1.807, 2.05) is 0 Å². The van der Waals surface area contributed by atoms with Crippen molar-refractivity contribution >= 4 is 5.69 Å². The Labute approximate surface area is 124 Å². The van der Waals surface area contributed by atoms with Gasteiger partial charge in [-0.05, 0) is 68.7 Å². The number of hydrogen-bond donors (Lipinski definition) is 1. The molecular formula is C18H30N2. The Kier molecular flexibility index (Phi) is 5.47. The summed E-state index contributed by atoms with van der Waals surface area (Å²) in [6.45, 7) is 5.29. The van der Waals surface area contributed by atoms with Crippen molar-refractivity contribution in [3.63, 3.8) is 0 Å². The predicted octanol–water partition coefficient (Wildman–Crippen LogP) is 3.90. The second-order valence-electron chi connectivity index (χ2n) is 6.35. The topological polar surface area (TPSA) is 29.3 Å². The van der Waals surface area contributed by atoms with Crippen LogP contribution in [0.15, 0.2) is 18.2 Å². The van der Waals surface area contributed by atoms with Gasteiger partial charge in [0.2, 0.25) is 0 Å². The fourth-order valence-electron chi connectivity index (χ4n) is 3.57. The third-order valence-corrected chi connectivity index (χ3v) is 5.02. The minimum atomic E-state index is 0.719. The molecule has 20 heavy (non-hydrogen) atoms. The Hall–Kier alpha value is -1.02. The number of nitrogens with two attached hydrogens (primary N) is 1. The Morgan fingerprint density at radius 1 is 1.20 bits per heavy atom. The van der Waals surface area contributed by atoms with Crippen LogP contribution in [0.5, 0.6) is 0 Å². The lowest BCUT2D eigenvalue weighted by molar-refractivity contribution is 0.313. The van der Waals surface area contributed by atoms with Crippen LogP contribution in [0.4, 0.5) is 5.69 Å². The molecule has 0 heterocycles. The molecule has 2 nitrogen and oxygen atoms in total. The molecule has 0 saturated heterocycles. The Balaban J connectivity index is 2.03. The van der Waals surface area contributed by atoms with Crippen molar-refractivity contribution in [3.05, 3.63) is 29.3 Å². The van der Waals surface area contributed by atoms with Crippen LogP contribution in [0.25, 0.3) is 0 Å². The van der Waals surface area contributed by atoms with Crippen molar-refractivity contribution in [1.29, 1.82) is 0 Å². The average molecular weight is 274 g/mol. The molecule has 0 bridgehead atoms. The van der Waals surface area contributed by atoms with E-state index in [1.54, 1.807) is 0 Å². The van der Waals surface area contributed by atoms with E-state index >= 15 is 0 Å². The zero-order valence-corrected chi connectivity index (χ0v) is 13.4. The van der Waals surface area contributed by atoms with Gasteiger partial charge >= 0.3 is 0 Å². The van der Waals surface area contributed by atoms with E-state index in [9.17, 15) is 0 Å². The van der Waals surface area contributed by atoms with Gasteiger partial charge < -0.3 is 10.6 Å². The van der Waals surface area contributed by atoms with Crippen LogP contribution in [0.1, 0.15) is 50.2 Å². The summed E-state index contributed by atoms with van der Waals surface area (Å²) < 4.78 is 0. The van der Waals surface area contributed by atoms with E-state index in [2.05, 4.69) is 44.0 Å². The fraction of sp³-hybridized carbons (Fsp3) is 0.667. The average Bonchev–Trinajstić information content (AvgIpc) is 2.47. The summed E-state index contributed by atoms with van der Waals surface area (Å²) in [6, 6.07) is 7.54. The Morgan fingerprint density at radius 2 is 1.90 bits per heavy atom. The molecule has 1 aromatic rings. The molecule has 1 aliphatic carbocycles. The highest BCUT2D eigenvalue weighted by atomic mass is 15.1. The van der Waals surface area contributed by atoms with Crippen molar-refractivity contribution in [3.8, 4) is 0 Å². The van der Waals surface area contributed by atoms with Crippen molar-refractivity contribution in [2.75, 3.05) is 18.5 Å². The van der Waals surface area contributed by atoms with Crippen molar-refractivity contribution in [2.24, 2.45) is 11.7 Å². The maximum absolute atomic E-state index is 5.64. The molecule has 2 heteroatoms. The van der Waals surface area contributed by atoms with Gasteiger partial charge in [-0.3, -0.25) is 0 Å². The van der Waals surface area contributed by atoms with E-state index < -0.39 is 0 Å². The van der Waals surface area contributed by atoms with Crippen molar-refractivity contribution in [2.45, 2.75) is 58.4 Å². The molecule has 0 unspecified atom stereocenters. The first-order valence-electron chi connectivity index (χ1n) is 8.18. The normalized spacial score (nSPS) is 22.8. The molecule has 1 aliphatic rings. The summed E-state index contributed by atoms with van der Waals surface area (Å²) in [4.78, 5) is 2.51. The molecule has 1 aromatic carbocycles. The summed E-state index contributed by atoms with van der Waals surface area (Å²) in [6.07, 6.45) is 7.82. The van der Waals surface area contributed by atoms with E-state index in [1.165, 1.54) is 48.9 Å². The number of hydrogen-bond acceptors (Lipinski definition) is 2. The van der Waals surface area contributed by atoms with Crippen LogP contribution in [-0.4, -0.2) is 19.6 Å². The first-order chi connectivity index (χ1) is 9.65. The minimum Gasteiger partial charge on any atom is -0.371 e. The van der Waals surface area contributed by atoms with Gasteiger partial charge in [-0.1, -0.05) is 25.5 Å². The van der Waals surface area contributed by atoms with Crippen LogP contribution in [0.2, 0.25) is 0 Å². The first kappa shape index (κ1) is 15.4. The van der Waals surface area contributed by atoms with Gasteiger partial charge in [0.05, 0.1) is 0 Å². The molecule has 0 spiro atoms. The number of nitrogens with zero attached hydrogens (tertiary/aromatic N) is 1. The number of rotatable bonds is 5. The second kappa shape index (κ2) is 7.12. The van der Waals surface area contributed by atoms with Crippen molar-refractivity contribution < 1.29 is 0 Å². The summed E-state index contributed by atoms with van der Waals surface area (Å²) in [5.74, 6) is 0.965. The lowest BCUT2D eigenvalue weighted by Gasteiger charge is -2.36. The van der Waals surface area contributed by atoms with Gasteiger partial charge in [-0.25, -0.2) is 0 Å². The summed E-state index contributed by atoms with van der Waals surface area (Å²) in [5.41, 5.74) is 9.78. The third-order valence-electron chi connectivity index (χ3n) is 5.02. The van der Waals surface area contributed by atoms with Crippen LogP contribution in [0.3, 0.4) is 0 Å². The van der Waals surface area contributed by atoms with Crippen LogP contribution in [0, 0.1) is 12.8 Å². The lowest BCUT2D eigenvalue weighted by Crippen LogP contribution is -2.35. The van der Waals surface area contributed by atoms with Crippen LogP contribution in [-0.2, 0) is 6.42 Å². The molecular weight excluding hydrogens is 244 g/mol. The second-order valence-corrected chi connectivity index (χ2v) is 6.35. The zero-order chi connectivity index (χ0) is 14.5. The first-order valence-corrected chi connectivity index (χ1v) is 8.18. The van der Waals surface area contributed by atoms with Gasteiger partial charge in [-0.2, -0.15) is 0 Å². The quantitative estimate of drug-likeness (QED) is 0.882. The van der Waals surface area contributed by atoms with Gasteiger partial charge in [0.15, 0.2) is 0 Å². The monoisotopic (exact) mass is 274 g/mol. The highest BCUT2D eigenvalue weighted by Gasteiger charge is 2.23. The van der Waals surface area contributed by atoms with Crippen molar-refractivity contribution in [1.82, 2.24) is 0 Å². The van der Waals surface area contributed by atoms with Gasteiger partial charge in [0, 0.05) is 18.8 Å². The molecule has 0 aromatic heterocycles. The number of benzene rings is 1. The standard InChI is InChI=1S/C18H30N2/c1-4-15-5-8-17(9-6-15)20(3)18-10-7-16(11-12-19)13-14(18)2/h7,10,13,15,17H,4-6,8-9,11-12,19H2,1-3H3. The molecule has 1 fully saturated rings. The zero-order valence-electron chi connectivity index (χ0n) is 13.4. The molecule has 0 aliphatic heterocycles. The molecule has 112 valence electrons. The molecule has 2 N–H and O–H groups in total. The van der Waals surface area contributed by atoms with Gasteiger partial charge in [-0.15, -0.1) is 0 Å². The van der Waals surface area contributed by atoms with Crippen LogP contribution < -0.4 is 10.6 Å². The number of aryl methyl sites for hydroxylation is 1. The maximum atomic E-state index is 5.64. The van der Waals surface area contributed by atoms with E-state index in [0.29, 0.717) is 0 Å². The molecule has 0 radical (unpaired) electrons. The summed E-state index contributed by atoms with van der Waals surface area (Å²) >= 11 is 0. The third kappa shape index (κ3) is 3.54. The highest BCUT2D eigenvalue weighted by molar-refractivity contribution is 5.54. The highest BCUT2D eigenvalue weighted by Crippen LogP contribution is 2.32. The Morgan fingerprint density at radius 3 is 2.45 bits per heavy atom. The number of anilines is 1. The minimum absolute atomic E-state index is 0.719. The largest absolute Gasteiger partial charge is 0.371 e. The van der Waals surface area contributed by atoms with E-state index in [4.69, 9.17) is 5.73 Å². The van der Waals surface area contributed by atoms with Gasteiger partial charge in [0.25, 0.3) is 0 Å². The van der Waals surface area contributed by atoms with E-state index in [-0.39, 0.29) is 0 Å². The summed E-state index contributed by atoms with van der Waals surface area (Å²) in [5, 5.41) is 0. The molecule has 2 rings (SSSR count). The predicted molar refractivity (Wildman–Crippen MR) is 88.4 cm³/mol. The van der Waals surface area contributed by atoms with E-state index in [0.717, 1.165) is 24.9 Å². The lowest BCUT2D eigenvalue weighted by atomic mass is 9.84. The fourth-order valence-corrected chi connectivity index (χ4v) is 3.57. The maximum Gasteiger partial charge on any atom is 0.0396 e. The molecule has 0 atom stereocenters. The van der Waals surface area contributed by atoms with Crippen LogP contribution >= 0.6 is 0 Å². The smallest absolute Gasteiger partial charge is 0.0396 e. The SMILES string of the molecule is CCC1CCC(N(C)c2ccc(CCN)cc2C)CC1. The Bertz CT molecular complexity index is 419. The molecule has 0 amide bonds. The summed E-state index contributed by atoms with van der Waals surface area (Å²) in [7, 11) is 2.27.